The third-order valence-corrected chi connectivity index (χ3v) is 4.53. The fourth-order valence-electron chi connectivity index (χ4n) is 1.80. The molecular weight excluding hydrogens is 288 g/mol. The first-order chi connectivity index (χ1) is 9.47. The monoisotopic (exact) mass is 304 g/mol. The van der Waals surface area contributed by atoms with Crippen LogP contribution in [-0.2, 0) is 0 Å². The highest BCUT2D eigenvalue weighted by atomic mass is 35.5. The predicted molar refractivity (Wildman–Crippen MR) is 87.1 cm³/mol. The van der Waals surface area contributed by atoms with Gasteiger partial charge >= 0.3 is 0 Å². The number of hydrogen-bond donors (Lipinski definition) is 2. The summed E-state index contributed by atoms with van der Waals surface area (Å²) in [5.41, 5.74) is 7.42. The Morgan fingerprint density at radius 3 is 2.30 bits per heavy atom. The molecule has 0 amide bonds. The van der Waals surface area contributed by atoms with Crippen LogP contribution < -0.4 is 5.73 Å². The molecule has 0 aliphatic heterocycles. The lowest BCUT2D eigenvalue weighted by Crippen LogP contribution is -2.10. The van der Waals surface area contributed by atoms with Crippen molar-refractivity contribution in [2.45, 2.75) is 29.6 Å². The molecule has 0 saturated heterocycles. The molecule has 0 aliphatic carbocycles. The Morgan fingerprint density at radius 1 is 1.15 bits per heavy atom. The Bertz CT molecular complexity index is 621. The van der Waals surface area contributed by atoms with Crippen molar-refractivity contribution >= 4 is 29.2 Å². The second-order valence-corrected chi connectivity index (χ2v) is 6.41. The average molecular weight is 305 g/mol. The normalized spacial score (nSPS) is 10.8. The molecule has 104 valence electrons. The zero-order valence-electron chi connectivity index (χ0n) is 11.5. The molecule has 0 unspecified atom stereocenters. The van der Waals surface area contributed by atoms with Crippen LogP contribution in [0, 0.1) is 5.41 Å². The van der Waals surface area contributed by atoms with E-state index in [2.05, 4.69) is 38.1 Å². The summed E-state index contributed by atoms with van der Waals surface area (Å²) >= 11 is 7.84. The van der Waals surface area contributed by atoms with Crippen molar-refractivity contribution in [3.63, 3.8) is 0 Å². The van der Waals surface area contributed by atoms with Crippen LogP contribution in [0.1, 0.15) is 30.9 Å². The SMILES string of the molecule is CC(C)c1ccc(Sc2ccc(C(=N)N)cc2Cl)cc1. The maximum absolute atomic E-state index is 7.40. The molecule has 0 heterocycles. The van der Waals surface area contributed by atoms with Crippen molar-refractivity contribution in [2.75, 3.05) is 0 Å². The molecule has 0 aromatic heterocycles. The van der Waals surface area contributed by atoms with E-state index in [-0.39, 0.29) is 5.84 Å². The first-order valence-corrected chi connectivity index (χ1v) is 7.58. The molecule has 0 bridgehead atoms. The van der Waals surface area contributed by atoms with E-state index in [4.69, 9.17) is 22.7 Å². The van der Waals surface area contributed by atoms with Gasteiger partial charge in [-0.2, -0.15) is 0 Å². The number of amidine groups is 1. The van der Waals surface area contributed by atoms with E-state index in [0.29, 0.717) is 16.5 Å². The molecule has 0 spiro atoms. The topological polar surface area (TPSA) is 49.9 Å². The van der Waals surface area contributed by atoms with Crippen molar-refractivity contribution in [1.82, 2.24) is 0 Å². The number of nitrogens with one attached hydrogen (secondary N) is 1. The van der Waals surface area contributed by atoms with E-state index < -0.39 is 0 Å². The summed E-state index contributed by atoms with van der Waals surface area (Å²) in [5.74, 6) is 0.567. The summed E-state index contributed by atoms with van der Waals surface area (Å²) in [4.78, 5) is 2.11. The van der Waals surface area contributed by atoms with Gasteiger partial charge in [0.05, 0.1) is 5.02 Å². The molecule has 2 aromatic rings. The minimum Gasteiger partial charge on any atom is -0.384 e. The van der Waals surface area contributed by atoms with Gasteiger partial charge in [-0.05, 0) is 35.7 Å². The summed E-state index contributed by atoms with van der Waals surface area (Å²) in [5, 5.41) is 8.02. The van der Waals surface area contributed by atoms with Gasteiger partial charge in [0, 0.05) is 15.4 Å². The number of halogens is 1. The van der Waals surface area contributed by atoms with Gasteiger partial charge in [-0.25, -0.2) is 0 Å². The molecule has 0 saturated carbocycles. The summed E-state index contributed by atoms with van der Waals surface area (Å²) in [6.07, 6.45) is 0. The van der Waals surface area contributed by atoms with E-state index in [1.54, 1.807) is 17.8 Å². The van der Waals surface area contributed by atoms with Gasteiger partial charge < -0.3 is 5.73 Å². The van der Waals surface area contributed by atoms with Crippen molar-refractivity contribution in [2.24, 2.45) is 5.73 Å². The first kappa shape index (κ1) is 14.9. The standard InChI is InChI=1S/C16H17ClN2S/c1-10(2)11-3-6-13(7-4-11)20-15-8-5-12(16(18)19)9-14(15)17/h3-10H,1-2H3,(H3,18,19). The molecule has 0 atom stereocenters. The van der Waals surface area contributed by atoms with Gasteiger partial charge in [0.25, 0.3) is 0 Å². The fraction of sp³-hybridized carbons (Fsp3) is 0.188. The van der Waals surface area contributed by atoms with Crippen LogP contribution >= 0.6 is 23.4 Å². The maximum atomic E-state index is 7.40. The smallest absolute Gasteiger partial charge is 0.122 e. The minimum absolute atomic E-state index is 0.0322. The molecule has 0 aliphatic rings. The van der Waals surface area contributed by atoms with Crippen LogP contribution in [0.15, 0.2) is 52.3 Å². The molecule has 2 rings (SSSR count). The van der Waals surface area contributed by atoms with E-state index in [9.17, 15) is 0 Å². The van der Waals surface area contributed by atoms with Gasteiger partial charge in [0.2, 0.25) is 0 Å². The number of hydrogen-bond acceptors (Lipinski definition) is 2. The van der Waals surface area contributed by atoms with Gasteiger partial charge in [0.15, 0.2) is 0 Å². The highest BCUT2D eigenvalue weighted by molar-refractivity contribution is 7.99. The van der Waals surface area contributed by atoms with Crippen molar-refractivity contribution < 1.29 is 0 Å². The minimum atomic E-state index is 0.0322. The van der Waals surface area contributed by atoms with Crippen molar-refractivity contribution in [1.29, 1.82) is 5.41 Å². The van der Waals surface area contributed by atoms with Gasteiger partial charge in [-0.3, -0.25) is 5.41 Å². The number of nitrogens with two attached hydrogens (primary N) is 1. The lowest BCUT2D eigenvalue weighted by Gasteiger charge is -2.08. The predicted octanol–water partition coefficient (Wildman–Crippen LogP) is 4.90. The number of benzene rings is 2. The molecule has 0 fully saturated rings. The summed E-state index contributed by atoms with van der Waals surface area (Å²) in [6.45, 7) is 4.36. The number of nitrogen functional groups attached to an aromatic ring is 1. The molecule has 3 N–H and O–H groups in total. The highest BCUT2D eigenvalue weighted by Crippen LogP contribution is 2.34. The van der Waals surface area contributed by atoms with Crippen LogP contribution in [0.3, 0.4) is 0 Å². The van der Waals surface area contributed by atoms with Crippen LogP contribution in [0.25, 0.3) is 0 Å². The first-order valence-electron chi connectivity index (χ1n) is 6.39. The van der Waals surface area contributed by atoms with Gasteiger partial charge in [0.1, 0.15) is 5.84 Å². The molecule has 2 aromatic carbocycles. The van der Waals surface area contributed by atoms with E-state index >= 15 is 0 Å². The Labute approximate surface area is 128 Å². The molecule has 4 heteroatoms. The molecule has 0 radical (unpaired) electrons. The average Bonchev–Trinajstić information content (AvgIpc) is 2.41. The van der Waals surface area contributed by atoms with E-state index in [1.807, 2.05) is 12.1 Å². The Balaban J connectivity index is 2.19. The summed E-state index contributed by atoms with van der Waals surface area (Å²) in [7, 11) is 0. The lowest BCUT2D eigenvalue weighted by atomic mass is 10.0. The maximum Gasteiger partial charge on any atom is 0.122 e. The lowest BCUT2D eigenvalue weighted by molar-refractivity contribution is 0.865. The van der Waals surface area contributed by atoms with Crippen LogP contribution in [0.5, 0.6) is 0 Å². The molecular formula is C16H17ClN2S. The quantitative estimate of drug-likeness (QED) is 0.623. The van der Waals surface area contributed by atoms with E-state index in [1.165, 1.54) is 5.56 Å². The second kappa shape index (κ2) is 6.33. The fourth-order valence-corrected chi connectivity index (χ4v) is 2.91. The second-order valence-electron chi connectivity index (χ2n) is 4.88. The van der Waals surface area contributed by atoms with Crippen LogP contribution in [-0.4, -0.2) is 5.84 Å². The molecule has 2 nitrogen and oxygen atoms in total. The van der Waals surface area contributed by atoms with Gasteiger partial charge in [-0.15, -0.1) is 0 Å². The Morgan fingerprint density at radius 2 is 1.80 bits per heavy atom. The third kappa shape index (κ3) is 3.56. The zero-order valence-corrected chi connectivity index (χ0v) is 13.1. The van der Waals surface area contributed by atoms with Crippen molar-refractivity contribution in [3.05, 3.63) is 58.6 Å². The Hall–Kier alpha value is -1.45. The van der Waals surface area contributed by atoms with Gasteiger partial charge in [-0.1, -0.05) is 55.4 Å². The summed E-state index contributed by atoms with van der Waals surface area (Å²) < 4.78 is 0. The highest BCUT2D eigenvalue weighted by Gasteiger charge is 2.06. The molecule has 20 heavy (non-hydrogen) atoms. The largest absolute Gasteiger partial charge is 0.384 e. The Kier molecular flexibility index (Phi) is 4.73. The third-order valence-electron chi connectivity index (χ3n) is 3.02. The number of rotatable bonds is 4. The van der Waals surface area contributed by atoms with Crippen molar-refractivity contribution in [3.8, 4) is 0 Å². The van der Waals surface area contributed by atoms with E-state index in [0.717, 1.165) is 9.79 Å². The zero-order chi connectivity index (χ0) is 14.7. The van der Waals surface area contributed by atoms with Crippen LogP contribution in [0.2, 0.25) is 5.02 Å². The summed E-state index contributed by atoms with van der Waals surface area (Å²) in [6, 6.07) is 14.0. The van der Waals surface area contributed by atoms with Crippen LogP contribution in [0.4, 0.5) is 0 Å².